The van der Waals surface area contributed by atoms with Crippen LogP contribution in [0, 0.1) is 5.41 Å². The van der Waals surface area contributed by atoms with Gasteiger partial charge in [-0.2, -0.15) is 5.10 Å². The van der Waals surface area contributed by atoms with Crippen molar-refractivity contribution < 1.29 is 0 Å². The summed E-state index contributed by atoms with van der Waals surface area (Å²) in [7, 11) is 1.59. The standard InChI is InChI=1S/C11H12N8/c1-19(10(13)11-16-3-2-4-17-11)18-9(12)8-7-14-5-6-15-8/h2-7,13H,1H3,(H2,12,18). The number of hydrogen-bond acceptors (Lipinski definition) is 6. The molecule has 0 aliphatic rings. The fourth-order valence-corrected chi connectivity index (χ4v) is 1.26. The summed E-state index contributed by atoms with van der Waals surface area (Å²) in [5.74, 6) is 0.462. The van der Waals surface area contributed by atoms with Crippen molar-refractivity contribution in [1.29, 1.82) is 5.41 Å². The molecule has 0 atom stereocenters. The molecule has 8 nitrogen and oxygen atoms in total. The fourth-order valence-electron chi connectivity index (χ4n) is 1.26. The van der Waals surface area contributed by atoms with Crippen molar-refractivity contribution >= 4 is 11.7 Å². The monoisotopic (exact) mass is 256 g/mol. The molecular weight excluding hydrogens is 244 g/mol. The maximum atomic E-state index is 7.89. The van der Waals surface area contributed by atoms with Crippen molar-refractivity contribution in [2.75, 3.05) is 7.05 Å². The summed E-state index contributed by atoms with van der Waals surface area (Å²) in [6.45, 7) is 0. The fraction of sp³-hybridized carbons (Fsp3) is 0.0909. The van der Waals surface area contributed by atoms with E-state index in [1.165, 1.54) is 17.4 Å². The highest BCUT2D eigenvalue weighted by atomic mass is 15.5. The number of rotatable bonds is 3. The summed E-state index contributed by atoms with van der Waals surface area (Å²) < 4.78 is 0. The lowest BCUT2D eigenvalue weighted by molar-refractivity contribution is 0.536. The Morgan fingerprint density at radius 1 is 1.21 bits per heavy atom. The van der Waals surface area contributed by atoms with Gasteiger partial charge in [0.2, 0.25) is 0 Å². The molecule has 0 aliphatic carbocycles. The molecule has 19 heavy (non-hydrogen) atoms. The minimum atomic E-state index is 0.0347. The van der Waals surface area contributed by atoms with Gasteiger partial charge in [-0.05, 0) is 6.07 Å². The summed E-state index contributed by atoms with van der Waals surface area (Å²) in [5.41, 5.74) is 6.22. The molecule has 0 amide bonds. The van der Waals surface area contributed by atoms with Gasteiger partial charge in [-0.15, -0.1) is 0 Å². The van der Waals surface area contributed by atoms with Crippen LogP contribution in [0.2, 0.25) is 0 Å². The highest BCUT2D eigenvalue weighted by Crippen LogP contribution is 1.98. The van der Waals surface area contributed by atoms with Gasteiger partial charge < -0.3 is 5.73 Å². The van der Waals surface area contributed by atoms with Gasteiger partial charge in [-0.1, -0.05) is 0 Å². The maximum absolute atomic E-state index is 7.89. The minimum Gasteiger partial charge on any atom is -0.380 e. The molecule has 2 aromatic heterocycles. The van der Waals surface area contributed by atoms with Crippen molar-refractivity contribution in [3.05, 3.63) is 48.6 Å². The number of nitrogens with one attached hydrogen (secondary N) is 1. The van der Waals surface area contributed by atoms with Crippen LogP contribution in [-0.2, 0) is 0 Å². The number of aromatic nitrogens is 4. The normalized spacial score (nSPS) is 11.1. The number of nitrogens with two attached hydrogens (primary N) is 1. The number of hydrogen-bond donors (Lipinski definition) is 2. The molecule has 0 saturated heterocycles. The number of hydrazone groups is 1. The Hall–Kier alpha value is -2.90. The highest BCUT2D eigenvalue weighted by Gasteiger charge is 2.10. The van der Waals surface area contributed by atoms with Gasteiger partial charge in [0, 0.05) is 31.8 Å². The molecule has 0 fully saturated rings. The molecule has 0 aromatic carbocycles. The van der Waals surface area contributed by atoms with Crippen LogP contribution in [0.1, 0.15) is 11.5 Å². The third-order valence-corrected chi connectivity index (χ3v) is 2.18. The van der Waals surface area contributed by atoms with Crippen LogP contribution in [0.3, 0.4) is 0 Å². The molecule has 0 radical (unpaired) electrons. The van der Waals surface area contributed by atoms with E-state index in [1.807, 2.05) is 0 Å². The maximum Gasteiger partial charge on any atom is 0.196 e. The number of nitrogens with zero attached hydrogens (tertiary/aromatic N) is 6. The molecule has 0 saturated carbocycles. The SMILES string of the molecule is CN(/N=C(\N)c1cnccn1)C(=N)c1ncccn1. The summed E-state index contributed by atoms with van der Waals surface area (Å²) in [5, 5.41) is 13.2. The van der Waals surface area contributed by atoms with E-state index in [0.29, 0.717) is 5.69 Å². The van der Waals surface area contributed by atoms with Crippen molar-refractivity contribution in [3.63, 3.8) is 0 Å². The Bertz CT molecular complexity index is 580. The first-order valence-corrected chi connectivity index (χ1v) is 5.38. The van der Waals surface area contributed by atoms with Gasteiger partial charge in [-0.3, -0.25) is 10.4 Å². The predicted octanol–water partition coefficient (Wildman–Crippen LogP) is -0.156. The highest BCUT2D eigenvalue weighted by molar-refractivity contribution is 5.98. The molecule has 3 N–H and O–H groups in total. The summed E-state index contributed by atoms with van der Waals surface area (Å²) >= 11 is 0. The van der Waals surface area contributed by atoms with Crippen LogP contribution in [-0.4, -0.2) is 43.7 Å². The molecule has 96 valence electrons. The van der Waals surface area contributed by atoms with Gasteiger partial charge in [0.1, 0.15) is 5.69 Å². The Labute approximate surface area is 109 Å². The summed E-state index contributed by atoms with van der Waals surface area (Å²) in [6, 6.07) is 1.67. The molecule has 0 spiro atoms. The van der Waals surface area contributed by atoms with E-state index in [4.69, 9.17) is 11.1 Å². The molecule has 2 aromatic rings. The van der Waals surface area contributed by atoms with Crippen molar-refractivity contribution in [2.45, 2.75) is 0 Å². The molecule has 0 unspecified atom stereocenters. The first-order chi connectivity index (χ1) is 9.18. The first-order valence-electron chi connectivity index (χ1n) is 5.38. The van der Waals surface area contributed by atoms with E-state index in [9.17, 15) is 0 Å². The Kier molecular flexibility index (Phi) is 3.72. The van der Waals surface area contributed by atoms with E-state index in [2.05, 4.69) is 25.0 Å². The van der Waals surface area contributed by atoms with Crippen LogP contribution < -0.4 is 5.73 Å². The summed E-state index contributed by atoms with van der Waals surface area (Å²) in [6.07, 6.45) is 7.67. The van der Waals surface area contributed by atoms with Crippen molar-refractivity contribution in [1.82, 2.24) is 24.9 Å². The third-order valence-electron chi connectivity index (χ3n) is 2.18. The smallest absolute Gasteiger partial charge is 0.196 e. The topological polar surface area (TPSA) is 117 Å². The zero-order valence-corrected chi connectivity index (χ0v) is 10.2. The average Bonchev–Trinajstić information content (AvgIpc) is 2.48. The zero-order chi connectivity index (χ0) is 13.7. The van der Waals surface area contributed by atoms with Gasteiger partial charge in [0.05, 0.1) is 6.20 Å². The van der Waals surface area contributed by atoms with Crippen molar-refractivity contribution in [3.8, 4) is 0 Å². The van der Waals surface area contributed by atoms with E-state index in [-0.39, 0.29) is 17.5 Å². The van der Waals surface area contributed by atoms with Gasteiger partial charge in [0.25, 0.3) is 0 Å². The van der Waals surface area contributed by atoms with Gasteiger partial charge >= 0.3 is 0 Å². The second-order valence-corrected chi connectivity index (χ2v) is 3.52. The van der Waals surface area contributed by atoms with E-state index < -0.39 is 0 Å². The molecule has 8 heteroatoms. The van der Waals surface area contributed by atoms with Gasteiger partial charge in [0.15, 0.2) is 17.5 Å². The Morgan fingerprint density at radius 2 is 1.95 bits per heavy atom. The first kappa shape index (κ1) is 12.6. The van der Waals surface area contributed by atoms with Crippen LogP contribution >= 0.6 is 0 Å². The molecule has 2 rings (SSSR count). The van der Waals surface area contributed by atoms with Crippen LogP contribution in [0.25, 0.3) is 0 Å². The lowest BCUT2D eigenvalue weighted by Gasteiger charge is -2.13. The predicted molar refractivity (Wildman–Crippen MR) is 69.4 cm³/mol. The molecular formula is C11H12N8. The summed E-state index contributed by atoms with van der Waals surface area (Å²) in [4.78, 5) is 15.8. The second-order valence-electron chi connectivity index (χ2n) is 3.52. The average molecular weight is 256 g/mol. The lowest BCUT2D eigenvalue weighted by atomic mass is 10.4. The lowest BCUT2D eigenvalue weighted by Crippen LogP contribution is -2.28. The molecule has 0 aliphatic heterocycles. The molecule has 2 heterocycles. The minimum absolute atomic E-state index is 0.0347. The van der Waals surface area contributed by atoms with E-state index >= 15 is 0 Å². The quantitative estimate of drug-likeness (QED) is 0.448. The largest absolute Gasteiger partial charge is 0.380 e. The van der Waals surface area contributed by atoms with Crippen LogP contribution in [0.4, 0.5) is 0 Å². The van der Waals surface area contributed by atoms with E-state index in [0.717, 1.165) is 0 Å². The van der Waals surface area contributed by atoms with Crippen LogP contribution in [0.5, 0.6) is 0 Å². The van der Waals surface area contributed by atoms with E-state index in [1.54, 1.807) is 31.7 Å². The Morgan fingerprint density at radius 3 is 2.58 bits per heavy atom. The second kappa shape index (κ2) is 5.63. The number of amidine groups is 2. The van der Waals surface area contributed by atoms with Gasteiger partial charge in [-0.25, -0.2) is 20.0 Å². The van der Waals surface area contributed by atoms with Crippen LogP contribution in [0.15, 0.2) is 42.2 Å². The van der Waals surface area contributed by atoms with Crippen molar-refractivity contribution in [2.24, 2.45) is 10.8 Å². The Balaban J connectivity index is 2.17. The molecule has 0 bridgehead atoms. The third kappa shape index (κ3) is 3.06. The zero-order valence-electron chi connectivity index (χ0n) is 10.2.